The molecule has 0 atom stereocenters. The van der Waals surface area contributed by atoms with Crippen LogP contribution >= 0.6 is 0 Å². The Bertz CT molecular complexity index is 616. The quantitative estimate of drug-likeness (QED) is 0.847. The van der Waals surface area contributed by atoms with Gasteiger partial charge in [-0.3, -0.25) is 9.78 Å². The van der Waals surface area contributed by atoms with Crippen LogP contribution in [-0.2, 0) is 6.54 Å². The summed E-state index contributed by atoms with van der Waals surface area (Å²) in [5.74, 6) is 0.305. The number of ether oxygens (including phenoxy) is 1. The zero-order valence-corrected chi connectivity index (χ0v) is 12.1. The standard InChI is InChI=1S/C15H18N4O2/c1-3-16-12-5-7-17-13(9-12)15(20)19-10-11-4-6-18-14(8-11)21-2/h4-9H,3,10H2,1-2H3,(H,16,17)(H,19,20). The molecular weight excluding hydrogens is 268 g/mol. The molecule has 110 valence electrons. The van der Waals surface area contributed by atoms with Gasteiger partial charge in [0.15, 0.2) is 0 Å². The van der Waals surface area contributed by atoms with E-state index in [1.54, 1.807) is 31.6 Å². The molecule has 2 rings (SSSR count). The molecule has 21 heavy (non-hydrogen) atoms. The van der Waals surface area contributed by atoms with E-state index in [-0.39, 0.29) is 5.91 Å². The van der Waals surface area contributed by atoms with Crippen LogP contribution in [0, 0.1) is 0 Å². The van der Waals surface area contributed by atoms with Gasteiger partial charge >= 0.3 is 0 Å². The van der Waals surface area contributed by atoms with E-state index in [1.165, 1.54) is 0 Å². The minimum absolute atomic E-state index is 0.217. The van der Waals surface area contributed by atoms with Gasteiger partial charge in [-0.25, -0.2) is 4.98 Å². The monoisotopic (exact) mass is 286 g/mol. The first-order chi connectivity index (χ1) is 10.2. The number of aromatic nitrogens is 2. The molecule has 0 saturated heterocycles. The van der Waals surface area contributed by atoms with E-state index in [4.69, 9.17) is 4.74 Å². The first-order valence-corrected chi connectivity index (χ1v) is 6.70. The summed E-state index contributed by atoms with van der Waals surface area (Å²) < 4.78 is 5.04. The number of carbonyl (C=O) groups excluding carboxylic acids is 1. The first kappa shape index (κ1) is 14.8. The van der Waals surface area contributed by atoms with Gasteiger partial charge in [0.25, 0.3) is 5.91 Å². The zero-order chi connectivity index (χ0) is 15.1. The van der Waals surface area contributed by atoms with E-state index in [0.29, 0.717) is 18.1 Å². The molecule has 0 fully saturated rings. The number of hydrogen-bond donors (Lipinski definition) is 2. The summed E-state index contributed by atoms with van der Waals surface area (Å²) in [5, 5.41) is 5.97. The largest absolute Gasteiger partial charge is 0.481 e. The third-order valence-electron chi connectivity index (χ3n) is 2.83. The number of anilines is 1. The lowest BCUT2D eigenvalue weighted by atomic mass is 10.2. The summed E-state index contributed by atoms with van der Waals surface area (Å²) in [6, 6.07) is 7.16. The molecule has 0 aliphatic rings. The van der Waals surface area contributed by atoms with Crippen LogP contribution in [0.1, 0.15) is 23.0 Å². The number of nitrogens with zero attached hydrogens (tertiary/aromatic N) is 2. The molecule has 0 unspecified atom stereocenters. The molecule has 0 aliphatic heterocycles. The highest BCUT2D eigenvalue weighted by Crippen LogP contribution is 2.10. The minimum atomic E-state index is -0.217. The van der Waals surface area contributed by atoms with Crippen molar-refractivity contribution in [3.05, 3.63) is 47.9 Å². The lowest BCUT2D eigenvalue weighted by Crippen LogP contribution is -2.24. The Hall–Kier alpha value is -2.63. The maximum absolute atomic E-state index is 12.1. The molecular formula is C15H18N4O2. The van der Waals surface area contributed by atoms with E-state index in [0.717, 1.165) is 17.8 Å². The second-order valence-electron chi connectivity index (χ2n) is 4.35. The van der Waals surface area contributed by atoms with Crippen molar-refractivity contribution < 1.29 is 9.53 Å². The van der Waals surface area contributed by atoms with Gasteiger partial charge in [0.1, 0.15) is 5.69 Å². The van der Waals surface area contributed by atoms with Crippen LogP contribution in [0.3, 0.4) is 0 Å². The van der Waals surface area contributed by atoms with E-state index in [2.05, 4.69) is 20.6 Å². The predicted octanol–water partition coefficient (Wildman–Crippen LogP) is 1.85. The van der Waals surface area contributed by atoms with E-state index in [9.17, 15) is 4.79 Å². The van der Waals surface area contributed by atoms with Gasteiger partial charge in [0, 0.05) is 37.2 Å². The maximum Gasteiger partial charge on any atom is 0.270 e. The van der Waals surface area contributed by atoms with Crippen molar-refractivity contribution in [3.63, 3.8) is 0 Å². The number of methoxy groups -OCH3 is 1. The third-order valence-corrected chi connectivity index (χ3v) is 2.83. The number of nitrogens with one attached hydrogen (secondary N) is 2. The summed E-state index contributed by atoms with van der Waals surface area (Å²) in [5.41, 5.74) is 2.18. The van der Waals surface area contributed by atoms with Crippen molar-refractivity contribution >= 4 is 11.6 Å². The number of rotatable bonds is 6. The van der Waals surface area contributed by atoms with Crippen molar-refractivity contribution in [2.45, 2.75) is 13.5 Å². The van der Waals surface area contributed by atoms with Gasteiger partial charge in [-0.1, -0.05) is 0 Å². The fourth-order valence-electron chi connectivity index (χ4n) is 1.81. The van der Waals surface area contributed by atoms with Gasteiger partial charge in [0.05, 0.1) is 7.11 Å². The van der Waals surface area contributed by atoms with E-state index >= 15 is 0 Å². The Labute approximate surface area is 123 Å². The van der Waals surface area contributed by atoms with E-state index in [1.807, 2.05) is 19.1 Å². The zero-order valence-electron chi connectivity index (χ0n) is 12.1. The van der Waals surface area contributed by atoms with Crippen molar-refractivity contribution in [1.29, 1.82) is 0 Å². The Morgan fingerprint density at radius 1 is 1.24 bits per heavy atom. The van der Waals surface area contributed by atoms with Crippen LogP contribution in [0.2, 0.25) is 0 Å². The summed E-state index contributed by atoms with van der Waals surface area (Å²) in [6.45, 7) is 3.18. The maximum atomic E-state index is 12.1. The highest BCUT2D eigenvalue weighted by atomic mass is 16.5. The molecule has 6 nitrogen and oxygen atoms in total. The normalized spacial score (nSPS) is 10.0. The number of amides is 1. The SMILES string of the molecule is CCNc1ccnc(C(=O)NCc2ccnc(OC)c2)c1. The molecule has 2 aromatic rings. The second-order valence-corrected chi connectivity index (χ2v) is 4.35. The van der Waals surface area contributed by atoms with Gasteiger partial charge in [-0.15, -0.1) is 0 Å². The average molecular weight is 286 g/mol. The average Bonchev–Trinajstić information content (AvgIpc) is 2.53. The van der Waals surface area contributed by atoms with Crippen LogP contribution in [0.4, 0.5) is 5.69 Å². The van der Waals surface area contributed by atoms with E-state index < -0.39 is 0 Å². The molecule has 0 aromatic carbocycles. The molecule has 0 spiro atoms. The predicted molar refractivity (Wildman–Crippen MR) is 80.4 cm³/mol. The van der Waals surface area contributed by atoms with Crippen LogP contribution in [0.15, 0.2) is 36.7 Å². The van der Waals surface area contributed by atoms with Gasteiger partial charge < -0.3 is 15.4 Å². The summed E-state index contributed by atoms with van der Waals surface area (Å²) >= 11 is 0. The highest BCUT2D eigenvalue weighted by Gasteiger charge is 2.08. The number of pyridine rings is 2. The summed E-state index contributed by atoms with van der Waals surface area (Å²) in [4.78, 5) is 20.2. The number of hydrogen-bond acceptors (Lipinski definition) is 5. The topological polar surface area (TPSA) is 76.1 Å². The fourth-order valence-corrected chi connectivity index (χ4v) is 1.81. The lowest BCUT2D eigenvalue weighted by Gasteiger charge is -2.07. The Balaban J connectivity index is 1.99. The minimum Gasteiger partial charge on any atom is -0.481 e. The van der Waals surface area contributed by atoms with Crippen molar-refractivity contribution in [3.8, 4) is 5.88 Å². The molecule has 2 heterocycles. The molecule has 0 saturated carbocycles. The molecule has 2 N–H and O–H groups in total. The lowest BCUT2D eigenvalue weighted by molar-refractivity contribution is 0.0946. The third kappa shape index (κ3) is 4.17. The van der Waals surface area contributed by atoms with Crippen molar-refractivity contribution in [2.24, 2.45) is 0 Å². The Morgan fingerprint density at radius 2 is 2.05 bits per heavy atom. The molecule has 0 aliphatic carbocycles. The van der Waals surface area contributed by atoms with Gasteiger partial charge in [0.2, 0.25) is 5.88 Å². The molecule has 6 heteroatoms. The van der Waals surface area contributed by atoms with Crippen molar-refractivity contribution in [1.82, 2.24) is 15.3 Å². The fraction of sp³-hybridized carbons (Fsp3) is 0.267. The molecule has 1 amide bonds. The summed E-state index contributed by atoms with van der Waals surface area (Å²) in [6.07, 6.45) is 3.26. The van der Waals surface area contributed by atoms with Crippen LogP contribution in [-0.4, -0.2) is 29.5 Å². The van der Waals surface area contributed by atoms with Gasteiger partial charge in [-0.2, -0.15) is 0 Å². The second kappa shape index (κ2) is 7.23. The first-order valence-electron chi connectivity index (χ1n) is 6.70. The number of carbonyl (C=O) groups is 1. The Kier molecular flexibility index (Phi) is 5.09. The molecule has 0 bridgehead atoms. The van der Waals surface area contributed by atoms with Gasteiger partial charge in [-0.05, 0) is 30.7 Å². The summed E-state index contributed by atoms with van der Waals surface area (Å²) in [7, 11) is 1.56. The highest BCUT2D eigenvalue weighted by molar-refractivity contribution is 5.93. The van der Waals surface area contributed by atoms with Crippen LogP contribution in [0.5, 0.6) is 5.88 Å². The Morgan fingerprint density at radius 3 is 2.81 bits per heavy atom. The van der Waals surface area contributed by atoms with Crippen molar-refractivity contribution in [2.75, 3.05) is 19.0 Å². The smallest absolute Gasteiger partial charge is 0.270 e. The van der Waals surface area contributed by atoms with Crippen LogP contribution in [0.25, 0.3) is 0 Å². The van der Waals surface area contributed by atoms with Crippen LogP contribution < -0.4 is 15.4 Å². The molecule has 0 radical (unpaired) electrons. The molecule has 2 aromatic heterocycles.